The number of rotatable bonds is 2. The van der Waals surface area contributed by atoms with E-state index in [0.717, 1.165) is 34.1 Å². The fraction of sp³-hybridized carbons (Fsp3) is 0. The summed E-state index contributed by atoms with van der Waals surface area (Å²) in [6.07, 6.45) is 1.55. The lowest BCUT2D eigenvalue weighted by atomic mass is 9.95. The van der Waals surface area contributed by atoms with Gasteiger partial charge in [0.25, 0.3) is 0 Å². The summed E-state index contributed by atoms with van der Waals surface area (Å²) in [6.45, 7) is 0. The van der Waals surface area contributed by atoms with Crippen LogP contribution in [0.2, 0.25) is 0 Å². The summed E-state index contributed by atoms with van der Waals surface area (Å²) in [5, 5.41) is 12.7. The molecule has 20 heavy (non-hydrogen) atoms. The van der Waals surface area contributed by atoms with Gasteiger partial charge in [0.05, 0.1) is 5.56 Å². The molecule has 0 aliphatic carbocycles. The zero-order valence-electron chi connectivity index (χ0n) is 10.5. The van der Waals surface area contributed by atoms with Gasteiger partial charge in [-0.25, -0.2) is 0 Å². The first-order chi connectivity index (χ1) is 9.76. The monoisotopic (exact) mass is 259 g/mol. The average molecular weight is 259 g/mol. The van der Waals surface area contributed by atoms with Crippen molar-refractivity contribution in [2.24, 2.45) is 0 Å². The fourth-order valence-electron chi connectivity index (χ4n) is 2.42. The molecule has 0 fully saturated rings. The molecule has 0 heterocycles. The third-order valence-corrected chi connectivity index (χ3v) is 3.39. The molecule has 0 aromatic heterocycles. The average Bonchev–Trinajstić information content (AvgIpc) is 2.51. The minimum absolute atomic E-state index is 0.527. The highest BCUT2D eigenvalue weighted by Crippen LogP contribution is 2.29. The van der Waals surface area contributed by atoms with Crippen LogP contribution in [-0.2, 0) is 0 Å². The van der Waals surface area contributed by atoms with Crippen LogP contribution >= 0.6 is 0 Å². The Bertz CT molecular complexity index is 904. The first-order valence-corrected chi connectivity index (χ1v) is 6.08. The van der Waals surface area contributed by atoms with Crippen molar-refractivity contribution in [3.8, 4) is 6.07 Å². The molecule has 94 valence electrons. The van der Waals surface area contributed by atoms with E-state index in [1.807, 2.05) is 12.1 Å². The van der Waals surface area contributed by atoms with Gasteiger partial charge in [-0.05, 0) is 29.0 Å². The Kier molecular flexibility index (Phi) is 2.77. The lowest BCUT2D eigenvalue weighted by Gasteiger charge is -2.07. The molecule has 0 N–H and O–H groups in total. The molecule has 0 saturated carbocycles. The van der Waals surface area contributed by atoms with Crippen molar-refractivity contribution in [3.05, 3.63) is 59.2 Å². The van der Waals surface area contributed by atoms with Crippen molar-refractivity contribution in [3.63, 3.8) is 0 Å². The summed E-state index contributed by atoms with van der Waals surface area (Å²) in [5.74, 6) is 0. The van der Waals surface area contributed by atoms with Gasteiger partial charge < -0.3 is 0 Å². The van der Waals surface area contributed by atoms with E-state index in [1.54, 1.807) is 30.3 Å². The maximum Gasteiger partial charge on any atom is 0.150 e. The van der Waals surface area contributed by atoms with Crippen molar-refractivity contribution in [2.75, 3.05) is 0 Å². The normalized spacial score (nSPS) is 10.3. The van der Waals surface area contributed by atoms with Crippen LogP contribution in [0.3, 0.4) is 0 Å². The number of nitriles is 1. The molecule has 3 heteroatoms. The highest BCUT2D eigenvalue weighted by molar-refractivity contribution is 6.06. The third-order valence-electron chi connectivity index (χ3n) is 3.39. The molecule has 3 rings (SSSR count). The summed E-state index contributed by atoms with van der Waals surface area (Å²) in [7, 11) is 0. The molecule has 3 nitrogen and oxygen atoms in total. The Morgan fingerprint density at radius 1 is 0.800 bits per heavy atom. The second-order valence-corrected chi connectivity index (χ2v) is 4.56. The number of aldehydes is 2. The molecular formula is C17H9NO2. The van der Waals surface area contributed by atoms with E-state index in [-0.39, 0.29) is 0 Å². The standard InChI is InChI=1S/C17H9NO2/c18-8-17-15-4-2-11(9-19)5-14(15)7-13-3-1-12(10-20)6-16(13)17/h1-7,9-10H. The number of hydrogen-bond acceptors (Lipinski definition) is 3. The van der Waals surface area contributed by atoms with E-state index in [4.69, 9.17) is 0 Å². The fourth-order valence-corrected chi connectivity index (χ4v) is 2.42. The number of benzene rings is 3. The number of hydrogen-bond donors (Lipinski definition) is 0. The minimum atomic E-state index is 0.527. The molecule has 0 aliphatic rings. The molecule has 3 aromatic rings. The van der Waals surface area contributed by atoms with Gasteiger partial charge in [-0.1, -0.05) is 24.3 Å². The smallest absolute Gasteiger partial charge is 0.150 e. The van der Waals surface area contributed by atoms with Crippen LogP contribution in [-0.4, -0.2) is 12.6 Å². The van der Waals surface area contributed by atoms with Crippen LogP contribution in [0.25, 0.3) is 21.5 Å². The second kappa shape index (κ2) is 4.60. The van der Waals surface area contributed by atoms with E-state index >= 15 is 0 Å². The summed E-state index contributed by atoms with van der Waals surface area (Å²) in [5.41, 5.74) is 1.64. The van der Waals surface area contributed by atoms with E-state index in [2.05, 4.69) is 6.07 Å². The van der Waals surface area contributed by atoms with Crippen molar-refractivity contribution in [1.29, 1.82) is 5.26 Å². The molecule has 3 aromatic carbocycles. The molecular weight excluding hydrogens is 250 g/mol. The van der Waals surface area contributed by atoms with E-state index in [0.29, 0.717) is 16.7 Å². The van der Waals surface area contributed by atoms with E-state index < -0.39 is 0 Å². The Hall–Kier alpha value is -2.99. The molecule has 0 bridgehead atoms. The highest BCUT2D eigenvalue weighted by atomic mass is 16.1. The maximum absolute atomic E-state index is 10.9. The van der Waals surface area contributed by atoms with Gasteiger partial charge in [-0.2, -0.15) is 5.26 Å². The lowest BCUT2D eigenvalue weighted by Crippen LogP contribution is -1.88. The minimum Gasteiger partial charge on any atom is -0.298 e. The van der Waals surface area contributed by atoms with Crippen molar-refractivity contribution < 1.29 is 9.59 Å². The summed E-state index contributed by atoms with van der Waals surface area (Å²) in [4.78, 5) is 21.7. The summed E-state index contributed by atoms with van der Waals surface area (Å²) >= 11 is 0. The van der Waals surface area contributed by atoms with Crippen molar-refractivity contribution in [1.82, 2.24) is 0 Å². The molecule has 0 amide bonds. The van der Waals surface area contributed by atoms with Crippen molar-refractivity contribution >= 4 is 34.1 Å². The highest BCUT2D eigenvalue weighted by Gasteiger charge is 2.08. The first kappa shape index (κ1) is 12.1. The first-order valence-electron chi connectivity index (χ1n) is 6.08. The van der Waals surface area contributed by atoms with Gasteiger partial charge in [0.15, 0.2) is 0 Å². The number of nitrogens with zero attached hydrogens (tertiary/aromatic N) is 1. The predicted molar refractivity (Wildman–Crippen MR) is 76.9 cm³/mol. The Labute approximate surface area is 115 Å². The quantitative estimate of drug-likeness (QED) is 0.523. The van der Waals surface area contributed by atoms with E-state index in [1.165, 1.54) is 0 Å². The molecule has 0 unspecified atom stereocenters. The Morgan fingerprint density at radius 3 is 2.20 bits per heavy atom. The molecule has 0 aliphatic heterocycles. The van der Waals surface area contributed by atoms with Crippen LogP contribution in [0.1, 0.15) is 26.3 Å². The van der Waals surface area contributed by atoms with Gasteiger partial charge in [0.2, 0.25) is 0 Å². The van der Waals surface area contributed by atoms with Crippen molar-refractivity contribution in [2.45, 2.75) is 0 Å². The van der Waals surface area contributed by atoms with Gasteiger partial charge in [0.1, 0.15) is 18.6 Å². The SMILES string of the molecule is N#Cc1c2ccc(C=O)cc2cc2ccc(C=O)cc12. The molecule has 0 atom stereocenters. The maximum atomic E-state index is 10.9. The summed E-state index contributed by atoms with van der Waals surface area (Å²) in [6, 6.07) is 14.6. The van der Waals surface area contributed by atoms with Crippen LogP contribution in [0.5, 0.6) is 0 Å². The largest absolute Gasteiger partial charge is 0.298 e. The Balaban J connectivity index is 2.49. The lowest BCUT2D eigenvalue weighted by molar-refractivity contribution is 0.111. The topological polar surface area (TPSA) is 57.9 Å². The van der Waals surface area contributed by atoms with Crippen LogP contribution in [0.4, 0.5) is 0 Å². The second-order valence-electron chi connectivity index (χ2n) is 4.56. The number of fused-ring (bicyclic) bond motifs is 2. The zero-order valence-corrected chi connectivity index (χ0v) is 10.5. The van der Waals surface area contributed by atoms with Gasteiger partial charge in [-0.3, -0.25) is 9.59 Å². The van der Waals surface area contributed by atoms with Gasteiger partial charge in [-0.15, -0.1) is 0 Å². The van der Waals surface area contributed by atoms with Gasteiger partial charge in [0, 0.05) is 21.9 Å². The van der Waals surface area contributed by atoms with Crippen LogP contribution < -0.4 is 0 Å². The van der Waals surface area contributed by atoms with E-state index in [9.17, 15) is 14.9 Å². The molecule has 0 saturated heterocycles. The number of carbonyl (C=O) groups excluding carboxylic acids is 2. The van der Waals surface area contributed by atoms with Crippen LogP contribution in [0, 0.1) is 11.3 Å². The molecule has 0 radical (unpaired) electrons. The Morgan fingerprint density at radius 2 is 1.50 bits per heavy atom. The van der Waals surface area contributed by atoms with Crippen LogP contribution in [0.15, 0.2) is 42.5 Å². The number of carbonyl (C=O) groups is 2. The third kappa shape index (κ3) is 1.75. The zero-order chi connectivity index (χ0) is 14.1. The summed E-state index contributed by atoms with van der Waals surface area (Å²) < 4.78 is 0. The molecule has 0 spiro atoms. The van der Waals surface area contributed by atoms with Gasteiger partial charge >= 0.3 is 0 Å². The predicted octanol–water partition coefficient (Wildman–Crippen LogP) is 3.49.